The topological polar surface area (TPSA) is 35.6 Å². The highest BCUT2D eigenvalue weighted by Gasteiger charge is 2.20. The minimum Gasteiger partial charge on any atom is -0.335 e. The van der Waals surface area contributed by atoms with E-state index < -0.39 is 0 Å². The zero-order valence-electron chi connectivity index (χ0n) is 12.1. The second-order valence-electron chi connectivity index (χ2n) is 5.22. The Hall–Kier alpha value is -1.81. The van der Waals surface area contributed by atoms with Gasteiger partial charge < -0.3 is 10.2 Å². The van der Waals surface area contributed by atoms with E-state index in [0.717, 1.165) is 32.7 Å². The monoisotopic (exact) mass is 273 g/mol. The summed E-state index contributed by atoms with van der Waals surface area (Å²) in [6, 6.07) is 8.67. The minimum absolute atomic E-state index is 0.0138. The standard InChI is InChI=1S/C16H23N3O/c1-3-8-17-16(20)19-11-9-18(10-12-19)13-15-6-4-14(2)5-7-15/h3-7H,1,8-13H2,2H3,(H,17,20). The van der Waals surface area contributed by atoms with Crippen LogP contribution in [-0.4, -0.2) is 48.6 Å². The highest BCUT2D eigenvalue weighted by molar-refractivity contribution is 5.74. The number of benzene rings is 1. The zero-order valence-corrected chi connectivity index (χ0v) is 12.1. The molecular weight excluding hydrogens is 250 g/mol. The van der Waals surface area contributed by atoms with Gasteiger partial charge in [-0.25, -0.2) is 4.79 Å². The first-order chi connectivity index (χ1) is 9.69. The number of hydrogen-bond acceptors (Lipinski definition) is 2. The van der Waals surface area contributed by atoms with Crippen molar-refractivity contribution >= 4 is 6.03 Å². The summed E-state index contributed by atoms with van der Waals surface area (Å²) < 4.78 is 0. The van der Waals surface area contributed by atoms with Crippen molar-refractivity contribution in [3.05, 3.63) is 48.0 Å². The molecule has 0 spiro atoms. The number of nitrogens with one attached hydrogen (secondary N) is 1. The van der Waals surface area contributed by atoms with Gasteiger partial charge in [-0.05, 0) is 12.5 Å². The van der Waals surface area contributed by atoms with Crippen LogP contribution in [0.2, 0.25) is 0 Å². The number of rotatable bonds is 4. The summed E-state index contributed by atoms with van der Waals surface area (Å²) in [7, 11) is 0. The van der Waals surface area contributed by atoms with E-state index in [1.807, 2.05) is 4.90 Å². The van der Waals surface area contributed by atoms with E-state index in [1.165, 1.54) is 11.1 Å². The molecule has 1 fully saturated rings. The number of piperazine rings is 1. The van der Waals surface area contributed by atoms with Gasteiger partial charge in [0.15, 0.2) is 0 Å². The number of nitrogens with zero attached hydrogens (tertiary/aromatic N) is 2. The van der Waals surface area contributed by atoms with Crippen molar-refractivity contribution in [2.24, 2.45) is 0 Å². The lowest BCUT2D eigenvalue weighted by Gasteiger charge is -2.34. The van der Waals surface area contributed by atoms with Gasteiger partial charge in [-0.3, -0.25) is 4.90 Å². The third-order valence-electron chi connectivity index (χ3n) is 3.58. The van der Waals surface area contributed by atoms with Crippen molar-refractivity contribution in [1.29, 1.82) is 0 Å². The Morgan fingerprint density at radius 1 is 1.25 bits per heavy atom. The van der Waals surface area contributed by atoms with Crippen molar-refractivity contribution in [2.75, 3.05) is 32.7 Å². The van der Waals surface area contributed by atoms with Crippen LogP contribution < -0.4 is 5.32 Å². The molecule has 1 aromatic rings. The van der Waals surface area contributed by atoms with Crippen LogP contribution in [0.5, 0.6) is 0 Å². The first-order valence-corrected chi connectivity index (χ1v) is 7.10. The lowest BCUT2D eigenvalue weighted by Crippen LogP contribution is -2.51. The highest BCUT2D eigenvalue weighted by Crippen LogP contribution is 2.09. The second-order valence-corrected chi connectivity index (χ2v) is 5.22. The molecule has 0 saturated carbocycles. The molecule has 0 aromatic heterocycles. The Balaban J connectivity index is 1.78. The average Bonchev–Trinajstić information content (AvgIpc) is 2.48. The molecule has 0 aliphatic carbocycles. The number of carbonyl (C=O) groups is 1. The Bertz CT molecular complexity index is 447. The first kappa shape index (κ1) is 14.6. The van der Waals surface area contributed by atoms with Crippen LogP contribution in [-0.2, 0) is 6.54 Å². The summed E-state index contributed by atoms with van der Waals surface area (Å²) >= 11 is 0. The summed E-state index contributed by atoms with van der Waals surface area (Å²) in [6.07, 6.45) is 1.70. The number of hydrogen-bond donors (Lipinski definition) is 1. The van der Waals surface area contributed by atoms with Crippen LogP contribution in [0.15, 0.2) is 36.9 Å². The van der Waals surface area contributed by atoms with Gasteiger partial charge >= 0.3 is 6.03 Å². The molecule has 1 aliphatic rings. The van der Waals surface area contributed by atoms with Crippen molar-refractivity contribution in [1.82, 2.24) is 15.1 Å². The van der Waals surface area contributed by atoms with E-state index in [4.69, 9.17) is 0 Å². The molecule has 1 N–H and O–H groups in total. The molecule has 0 atom stereocenters. The summed E-state index contributed by atoms with van der Waals surface area (Å²) in [4.78, 5) is 16.1. The van der Waals surface area contributed by atoms with Gasteiger partial charge in [0, 0.05) is 39.3 Å². The highest BCUT2D eigenvalue weighted by atomic mass is 16.2. The molecule has 0 unspecified atom stereocenters. The number of carbonyl (C=O) groups excluding carboxylic acids is 1. The third-order valence-corrected chi connectivity index (χ3v) is 3.58. The molecular formula is C16H23N3O. The maximum Gasteiger partial charge on any atom is 0.317 e. The lowest BCUT2D eigenvalue weighted by atomic mass is 10.1. The molecule has 1 aliphatic heterocycles. The molecule has 1 aromatic carbocycles. The molecule has 4 heteroatoms. The third kappa shape index (κ3) is 4.10. The Morgan fingerprint density at radius 2 is 1.90 bits per heavy atom. The van der Waals surface area contributed by atoms with E-state index in [-0.39, 0.29) is 6.03 Å². The van der Waals surface area contributed by atoms with Crippen LogP contribution in [0.3, 0.4) is 0 Å². The van der Waals surface area contributed by atoms with Crippen LogP contribution >= 0.6 is 0 Å². The predicted molar refractivity (Wildman–Crippen MR) is 81.6 cm³/mol. The van der Waals surface area contributed by atoms with Crippen molar-refractivity contribution < 1.29 is 4.79 Å². The largest absolute Gasteiger partial charge is 0.335 e. The van der Waals surface area contributed by atoms with Gasteiger partial charge in [-0.1, -0.05) is 35.9 Å². The van der Waals surface area contributed by atoms with Crippen LogP contribution in [0, 0.1) is 6.92 Å². The summed E-state index contributed by atoms with van der Waals surface area (Å²) in [5, 5.41) is 2.82. The number of urea groups is 1. The van der Waals surface area contributed by atoms with Gasteiger partial charge in [0.05, 0.1) is 0 Å². The Morgan fingerprint density at radius 3 is 2.50 bits per heavy atom. The fraction of sp³-hybridized carbons (Fsp3) is 0.438. The molecule has 2 rings (SSSR count). The molecule has 108 valence electrons. The fourth-order valence-electron chi connectivity index (χ4n) is 2.33. The Kier molecular flexibility index (Phi) is 5.18. The van der Waals surface area contributed by atoms with E-state index in [9.17, 15) is 4.79 Å². The van der Waals surface area contributed by atoms with E-state index in [1.54, 1.807) is 6.08 Å². The molecule has 4 nitrogen and oxygen atoms in total. The summed E-state index contributed by atoms with van der Waals surface area (Å²) in [5.41, 5.74) is 2.62. The van der Waals surface area contributed by atoms with Crippen LogP contribution in [0.25, 0.3) is 0 Å². The second kappa shape index (κ2) is 7.10. The first-order valence-electron chi connectivity index (χ1n) is 7.10. The molecule has 1 heterocycles. The molecule has 0 radical (unpaired) electrons. The molecule has 2 amide bonds. The van der Waals surface area contributed by atoms with Crippen molar-refractivity contribution in [2.45, 2.75) is 13.5 Å². The maximum absolute atomic E-state index is 11.8. The van der Waals surface area contributed by atoms with Gasteiger partial charge in [-0.15, -0.1) is 6.58 Å². The quantitative estimate of drug-likeness (QED) is 0.852. The van der Waals surface area contributed by atoms with E-state index >= 15 is 0 Å². The van der Waals surface area contributed by atoms with Gasteiger partial charge in [0.1, 0.15) is 0 Å². The SMILES string of the molecule is C=CCNC(=O)N1CCN(Cc2ccc(C)cc2)CC1. The maximum atomic E-state index is 11.8. The van der Waals surface area contributed by atoms with Crippen LogP contribution in [0.1, 0.15) is 11.1 Å². The Labute approximate surface area is 121 Å². The lowest BCUT2D eigenvalue weighted by molar-refractivity contribution is 0.136. The number of aryl methyl sites for hydroxylation is 1. The summed E-state index contributed by atoms with van der Waals surface area (Å²) in [6.45, 7) is 10.6. The van der Waals surface area contributed by atoms with E-state index in [0.29, 0.717) is 6.54 Å². The molecule has 1 saturated heterocycles. The van der Waals surface area contributed by atoms with Gasteiger partial charge in [0.25, 0.3) is 0 Å². The molecule has 20 heavy (non-hydrogen) atoms. The van der Waals surface area contributed by atoms with Gasteiger partial charge in [-0.2, -0.15) is 0 Å². The van der Waals surface area contributed by atoms with Crippen molar-refractivity contribution in [3.8, 4) is 0 Å². The number of amides is 2. The molecule has 0 bridgehead atoms. The fourth-order valence-corrected chi connectivity index (χ4v) is 2.33. The average molecular weight is 273 g/mol. The minimum atomic E-state index is 0.0138. The van der Waals surface area contributed by atoms with Gasteiger partial charge in [0.2, 0.25) is 0 Å². The smallest absolute Gasteiger partial charge is 0.317 e. The summed E-state index contributed by atoms with van der Waals surface area (Å²) in [5.74, 6) is 0. The zero-order chi connectivity index (χ0) is 14.4. The predicted octanol–water partition coefficient (Wildman–Crippen LogP) is 2.01. The van der Waals surface area contributed by atoms with E-state index in [2.05, 4.69) is 48.0 Å². The van der Waals surface area contributed by atoms with Crippen molar-refractivity contribution in [3.63, 3.8) is 0 Å². The van der Waals surface area contributed by atoms with Crippen LogP contribution in [0.4, 0.5) is 4.79 Å². The normalized spacial score (nSPS) is 15.9.